The number of hydrogen-bond acceptors (Lipinski definition) is 6. The first-order valence-electron chi connectivity index (χ1n) is 9.43. The van der Waals surface area contributed by atoms with Gasteiger partial charge in [-0.25, -0.2) is 4.68 Å². The molecule has 3 aromatic rings. The lowest BCUT2D eigenvalue weighted by Crippen LogP contribution is -2.37. The van der Waals surface area contributed by atoms with Crippen LogP contribution >= 0.6 is 12.2 Å². The third-order valence-corrected chi connectivity index (χ3v) is 5.70. The second-order valence-corrected chi connectivity index (χ2v) is 7.51. The Balaban J connectivity index is 1.65. The van der Waals surface area contributed by atoms with Gasteiger partial charge in [0.15, 0.2) is 11.6 Å². The zero-order valence-electron chi connectivity index (χ0n) is 15.4. The van der Waals surface area contributed by atoms with Crippen LogP contribution in [0.4, 0.5) is 0 Å². The highest BCUT2D eigenvalue weighted by Gasteiger charge is 2.45. The summed E-state index contributed by atoms with van der Waals surface area (Å²) in [6.45, 7) is 0.317. The molecular formula is C21H19N3O4S. The molecule has 5 rings (SSSR count). The number of fused-ring (bicyclic) bond motifs is 2. The molecule has 7 nitrogen and oxygen atoms in total. The molecule has 1 N–H and O–H groups in total. The van der Waals surface area contributed by atoms with Crippen LogP contribution in [0.1, 0.15) is 30.0 Å². The zero-order valence-corrected chi connectivity index (χ0v) is 16.2. The average Bonchev–Trinajstić information content (AvgIpc) is 3.34. The van der Waals surface area contributed by atoms with Crippen LogP contribution in [-0.4, -0.2) is 44.2 Å². The number of ketones is 1. The second-order valence-electron chi connectivity index (χ2n) is 7.15. The molecule has 0 saturated carbocycles. The first-order chi connectivity index (χ1) is 14.1. The van der Waals surface area contributed by atoms with E-state index in [-0.39, 0.29) is 24.3 Å². The van der Waals surface area contributed by atoms with Crippen LogP contribution in [0.15, 0.2) is 60.7 Å². The number of para-hydroxylation sites is 1. The van der Waals surface area contributed by atoms with E-state index in [4.69, 9.17) is 21.7 Å². The topological polar surface area (TPSA) is 78.5 Å². The smallest absolute Gasteiger partial charge is 0.218 e. The van der Waals surface area contributed by atoms with Crippen LogP contribution in [0.25, 0.3) is 5.69 Å². The summed E-state index contributed by atoms with van der Waals surface area (Å²) in [6.07, 6.45) is -1.83. The number of ether oxygens (including phenoxy) is 2. The van der Waals surface area contributed by atoms with Crippen molar-refractivity contribution in [3.8, 4) is 5.69 Å². The Labute approximate surface area is 172 Å². The molecule has 8 heteroatoms. The molecule has 29 heavy (non-hydrogen) atoms. The molecule has 4 atom stereocenters. The van der Waals surface area contributed by atoms with Crippen LogP contribution in [0.2, 0.25) is 0 Å². The van der Waals surface area contributed by atoms with Gasteiger partial charge in [-0.05, 0) is 29.9 Å². The standard InChI is InChI=1S/C21H19N3O4S/c25-16-11-15(17-12-27-20(16)28-17)24-21(29)23(14-9-5-2-6-10-14)19(22-24)18(26)13-7-3-1-4-8-13/h1-10,15,17-18,20,26H,11-12H2/t15-,17-,18-,20+/m1/s1. The van der Waals surface area contributed by atoms with Crippen molar-refractivity contribution in [2.24, 2.45) is 0 Å². The number of aliphatic hydroxyl groups is 1. The summed E-state index contributed by atoms with van der Waals surface area (Å²) >= 11 is 5.74. The van der Waals surface area contributed by atoms with Crippen molar-refractivity contribution in [2.75, 3.05) is 6.61 Å². The fourth-order valence-corrected chi connectivity index (χ4v) is 4.24. The molecule has 0 amide bonds. The zero-order chi connectivity index (χ0) is 20.0. The molecule has 2 bridgehead atoms. The highest BCUT2D eigenvalue weighted by atomic mass is 32.1. The second kappa shape index (κ2) is 7.31. The van der Waals surface area contributed by atoms with E-state index in [9.17, 15) is 9.90 Å². The number of benzene rings is 2. The highest BCUT2D eigenvalue weighted by molar-refractivity contribution is 7.71. The van der Waals surface area contributed by atoms with Crippen LogP contribution in [0.3, 0.4) is 0 Å². The SMILES string of the molecule is O=C1C[C@@H](n2nc([C@H](O)c3ccccc3)n(-c3ccccc3)c2=S)[C@H]2CO[C@H]1O2. The summed E-state index contributed by atoms with van der Waals surface area (Å²) in [7, 11) is 0. The monoisotopic (exact) mass is 409 g/mol. The van der Waals surface area contributed by atoms with Crippen LogP contribution in [0, 0.1) is 4.77 Å². The number of rotatable bonds is 4. The van der Waals surface area contributed by atoms with E-state index in [0.717, 1.165) is 5.69 Å². The van der Waals surface area contributed by atoms with E-state index in [2.05, 4.69) is 5.10 Å². The van der Waals surface area contributed by atoms with E-state index < -0.39 is 12.4 Å². The first kappa shape index (κ1) is 18.4. The Morgan fingerprint density at radius 3 is 2.52 bits per heavy atom. The fraction of sp³-hybridized carbons (Fsp3) is 0.286. The average molecular weight is 409 g/mol. The molecule has 2 aliphatic heterocycles. The molecule has 0 unspecified atom stereocenters. The van der Waals surface area contributed by atoms with Gasteiger partial charge < -0.3 is 14.6 Å². The lowest BCUT2D eigenvalue weighted by Gasteiger charge is -2.26. The van der Waals surface area contributed by atoms with Gasteiger partial charge in [0.25, 0.3) is 0 Å². The minimum atomic E-state index is -0.979. The van der Waals surface area contributed by atoms with Crippen LogP contribution in [0.5, 0.6) is 0 Å². The Morgan fingerprint density at radius 2 is 1.79 bits per heavy atom. The Morgan fingerprint density at radius 1 is 1.10 bits per heavy atom. The minimum Gasteiger partial charge on any atom is -0.380 e. The Hall–Kier alpha value is -2.65. The largest absolute Gasteiger partial charge is 0.380 e. The predicted octanol–water partition coefficient (Wildman–Crippen LogP) is 2.74. The van der Waals surface area contributed by atoms with Gasteiger partial charge in [-0.1, -0.05) is 48.5 Å². The third-order valence-electron chi connectivity index (χ3n) is 5.33. The van der Waals surface area contributed by atoms with Crippen molar-refractivity contribution >= 4 is 18.0 Å². The maximum Gasteiger partial charge on any atom is 0.218 e. The molecule has 148 valence electrons. The van der Waals surface area contributed by atoms with Crippen molar-refractivity contribution in [3.05, 3.63) is 76.8 Å². The number of Topliss-reactive ketones (excluding diaryl/α,β-unsaturated/α-hetero) is 1. The van der Waals surface area contributed by atoms with Crippen molar-refractivity contribution in [3.63, 3.8) is 0 Å². The number of nitrogens with zero attached hydrogens (tertiary/aromatic N) is 3. The van der Waals surface area contributed by atoms with Gasteiger partial charge >= 0.3 is 0 Å². The molecule has 3 heterocycles. The molecule has 0 aliphatic carbocycles. The number of hydrogen-bond donors (Lipinski definition) is 1. The fourth-order valence-electron chi connectivity index (χ4n) is 3.86. The number of carbonyl (C=O) groups is 1. The molecule has 2 aliphatic rings. The van der Waals surface area contributed by atoms with E-state index in [1.54, 1.807) is 9.25 Å². The van der Waals surface area contributed by atoms with Gasteiger partial charge in [0.2, 0.25) is 11.1 Å². The summed E-state index contributed by atoms with van der Waals surface area (Å²) in [5.41, 5.74) is 1.49. The third kappa shape index (κ3) is 3.14. The van der Waals surface area contributed by atoms with E-state index in [1.165, 1.54) is 0 Å². The number of carbonyl (C=O) groups excluding carboxylic acids is 1. The van der Waals surface area contributed by atoms with E-state index in [1.807, 2.05) is 60.7 Å². The normalized spacial score (nSPS) is 24.6. The molecule has 2 fully saturated rings. The summed E-state index contributed by atoms with van der Waals surface area (Å²) in [5.74, 6) is 0.269. The summed E-state index contributed by atoms with van der Waals surface area (Å²) in [5, 5.41) is 15.8. The molecule has 0 radical (unpaired) electrons. The Kier molecular flexibility index (Phi) is 4.63. The number of aromatic nitrogens is 3. The molecule has 2 saturated heterocycles. The van der Waals surface area contributed by atoms with Gasteiger partial charge in [-0.2, -0.15) is 5.10 Å². The van der Waals surface area contributed by atoms with Crippen molar-refractivity contribution in [1.82, 2.24) is 14.3 Å². The lowest BCUT2D eigenvalue weighted by molar-refractivity contribution is -0.156. The molecular weight excluding hydrogens is 390 g/mol. The molecule has 1 aromatic heterocycles. The van der Waals surface area contributed by atoms with Gasteiger partial charge in [-0.3, -0.25) is 9.36 Å². The van der Waals surface area contributed by atoms with Gasteiger partial charge in [0.05, 0.1) is 12.6 Å². The van der Waals surface area contributed by atoms with Gasteiger partial charge in [-0.15, -0.1) is 0 Å². The van der Waals surface area contributed by atoms with Gasteiger partial charge in [0.1, 0.15) is 12.2 Å². The quantitative estimate of drug-likeness (QED) is 0.668. The summed E-state index contributed by atoms with van der Waals surface area (Å²) < 4.78 is 14.9. The molecule has 2 aromatic carbocycles. The highest BCUT2D eigenvalue weighted by Crippen LogP contribution is 2.34. The minimum absolute atomic E-state index is 0.120. The van der Waals surface area contributed by atoms with Crippen molar-refractivity contribution in [2.45, 2.75) is 31.0 Å². The molecule has 0 spiro atoms. The van der Waals surface area contributed by atoms with Crippen LogP contribution < -0.4 is 0 Å². The van der Waals surface area contributed by atoms with E-state index >= 15 is 0 Å². The lowest BCUT2D eigenvalue weighted by atomic mass is 10.0. The summed E-state index contributed by atoms with van der Waals surface area (Å²) in [6, 6.07) is 18.4. The van der Waals surface area contributed by atoms with Crippen molar-refractivity contribution < 1.29 is 19.4 Å². The van der Waals surface area contributed by atoms with Gasteiger partial charge in [0, 0.05) is 12.1 Å². The van der Waals surface area contributed by atoms with E-state index in [0.29, 0.717) is 22.8 Å². The summed E-state index contributed by atoms with van der Waals surface area (Å²) in [4.78, 5) is 12.3. The van der Waals surface area contributed by atoms with Crippen LogP contribution in [-0.2, 0) is 14.3 Å². The predicted molar refractivity (Wildman–Crippen MR) is 106 cm³/mol. The maximum atomic E-state index is 12.3. The number of aliphatic hydroxyl groups excluding tert-OH is 1. The van der Waals surface area contributed by atoms with Crippen molar-refractivity contribution in [1.29, 1.82) is 0 Å². The first-order valence-corrected chi connectivity index (χ1v) is 9.84. The maximum absolute atomic E-state index is 12.3. The Bertz CT molecular complexity index is 1100.